The van der Waals surface area contributed by atoms with E-state index in [9.17, 15) is 4.79 Å². The topological polar surface area (TPSA) is 59.0 Å². The quantitative estimate of drug-likeness (QED) is 0.678. The fourth-order valence-corrected chi connectivity index (χ4v) is 3.84. The molecule has 0 bridgehead atoms. The number of hydrogen-bond donors (Lipinski definition) is 2. The molecule has 1 amide bonds. The first-order valence-corrected chi connectivity index (χ1v) is 9.54. The molecule has 0 radical (unpaired) electrons. The number of rotatable bonds is 7. The summed E-state index contributed by atoms with van der Waals surface area (Å²) in [6.45, 7) is 8.03. The van der Waals surface area contributed by atoms with Crippen LogP contribution < -0.4 is 10.6 Å². The summed E-state index contributed by atoms with van der Waals surface area (Å²) < 4.78 is 2.23. The second-order valence-corrected chi connectivity index (χ2v) is 7.29. The van der Waals surface area contributed by atoms with Gasteiger partial charge in [-0.05, 0) is 63.2 Å². The van der Waals surface area contributed by atoms with Crippen molar-refractivity contribution in [2.75, 3.05) is 19.6 Å². The number of halogens is 2. The van der Waals surface area contributed by atoms with Crippen LogP contribution in [0.15, 0.2) is 24.3 Å². The molecule has 1 aliphatic heterocycles. The lowest BCUT2D eigenvalue weighted by Crippen LogP contribution is -2.35. The van der Waals surface area contributed by atoms with E-state index in [0.29, 0.717) is 18.3 Å². The number of nitrogens with zero attached hydrogens (tertiary/aromatic N) is 2. The van der Waals surface area contributed by atoms with Crippen LogP contribution in [0.25, 0.3) is 11.0 Å². The van der Waals surface area contributed by atoms with Gasteiger partial charge in [-0.15, -0.1) is 24.8 Å². The molecule has 1 saturated heterocycles. The normalized spacial score (nSPS) is 17.6. The number of carbonyl (C=O) groups is 1. The Morgan fingerprint density at radius 2 is 2.15 bits per heavy atom. The number of hydrogen-bond acceptors (Lipinski definition) is 3. The zero-order valence-electron chi connectivity index (χ0n) is 16.2. The maximum atomic E-state index is 12.2. The van der Waals surface area contributed by atoms with Gasteiger partial charge in [0.1, 0.15) is 5.82 Å². The standard InChI is InChI=1S/C20H30N4O.2ClH/c1-15(17-7-5-10-21-14-17)13-20(25)22-11-6-12-24-16(2)23-18-8-3-4-9-19(18)24;;/h3-4,8-9,15,17,21H,5-7,10-14H2,1-2H3,(H,22,25);2*1H. The average molecular weight is 415 g/mol. The first-order chi connectivity index (χ1) is 12.1. The van der Waals surface area contributed by atoms with Crippen LogP contribution in [0.3, 0.4) is 0 Å². The minimum atomic E-state index is 0. The van der Waals surface area contributed by atoms with Gasteiger partial charge in [0.2, 0.25) is 5.91 Å². The summed E-state index contributed by atoms with van der Waals surface area (Å²) in [5, 5.41) is 6.53. The minimum absolute atomic E-state index is 0. The molecule has 27 heavy (non-hydrogen) atoms. The summed E-state index contributed by atoms with van der Waals surface area (Å²) in [7, 11) is 0. The molecule has 2 heterocycles. The average Bonchev–Trinajstić information content (AvgIpc) is 2.95. The van der Waals surface area contributed by atoms with E-state index < -0.39 is 0 Å². The fourth-order valence-electron chi connectivity index (χ4n) is 3.84. The van der Waals surface area contributed by atoms with Gasteiger partial charge in [-0.1, -0.05) is 19.1 Å². The SMILES string of the molecule is Cc1nc2ccccc2n1CCCNC(=O)CC(C)C1CCCNC1.Cl.Cl. The number of fused-ring (bicyclic) bond motifs is 1. The molecule has 7 heteroatoms. The minimum Gasteiger partial charge on any atom is -0.356 e. The van der Waals surface area contributed by atoms with E-state index in [-0.39, 0.29) is 30.7 Å². The van der Waals surface area contributed by atoms with Crippen LogP contribution in [0, 0.1) is 18.8 Å². The van der Waals surface area contributed by atoms with Gasteiger partial charge in [-0.25, -0.2) is 4.98 Å². The number of carbonyl (C=O) groups excluding carboxylic acids is 1. The van der Waals surface area contributed by atoms with Crippen molar-refractivity contribution in [3.05, 3.63) is 30.1 Å². The van der Waals surface area contributed by atoms with Crippen LogP contribution >= 0.6 is 24.8 Å². The Bertz CT molecular complexity index is 713. The lowest BCUT2D eigenvalue weighted by Gasteiger charge is -2.28. The number of amides is 1. The maximum absolute atomic E-state index is 12.2. The third-order valence-electron chi connectivity index (χ3n) is 5.37. The van der Waals surface area contributed by atoms with E-state index in [2.05, 4.69) is 33.2 Å². The molecular weight excluding hydrogens is 383 g/mol. The van der Waals surface area contributed by atoms with Crippen molar-refractivity contribution in [2.24, 2.45) is 11.8 Å². The summed E-state index contributed by atoms with van der Waals surface area (Å²) in [4.78, 5) is 16.8. The van der Waals surface area contributed by atoms with E-state index in [4.69, 9.17) is 0 Å². The first-order valence-electron chi connectivity index (χ1n) is 9.54. The lowest BCUT2D eigenvalue weighted by atomic mass is 9.85. The van der Waals surface area contributed by atoms with Crippen LogP contribution in [-0.4, -0.2) is 35.1 Å². The highest BCUT2D eigenvalue weighted by atomic mass is 35.5. The number of nitrogens with one attached hydrogen (secondary N) is 2. The Morgan fingerprint density at radius 1 is 1.37 bits per heavy atom. The molecule has 0 spiro atoms. The monoisotopic (exact) mass is 414 g/mol. The zero-order chi connectivity index (χ0) is 17.6. The molecule has 1 fully saturated rings. The predicted molar refractivity (Wildman–Crippen MR) is 116 cm³/mol. The highest BCUT2D eigenvalue weighted by Gasteiger charge is 2.21. The molecule has 1 aromatic carbocycles. The second kappa shape index (κ2) is 11.5. The van der Waals surface area contributed by atoms with Crippen LogP contribution in [0.4, 0.5) is 0 Å². The number of imidazole rings is 1. The zero-order valence-corrected chi connectivity index (χ0v) is 17.9. The third-order valence-corrected chi connectivity index (χ3v) is 5.37. The number of aryl methyl sites for hydroxylation is 2. The molecule has 2 N–H and O–H groups in total. The molecule has 0 aliphatic carbocycles. The van der Waals surface area contributed by atoms with E-state index in [1.54, 1.807) is 0 Å². The van der Waals surface area contributed by atoms with Gasteiger partial charge in [0.15, 0.2) is 0 Å². The molecule has 152 valence electrons. The van der Waals surface area contributed by atoms with Gasteiger partial charge in [0.05, 0.1) is 11.0 Å². The van der Waals surface area contributed by atoms with Gasteiger partial charge in [-0.2, -0.15) is 0 Å². The van der Waals surface area contributed by atoms with Crippen LogP contribution in [0.5, 0.6) is 0 Å². The van der Waals surface area contributed by atoms with Crippen molar-refractivity contribution < 1.29 is 4.79 Å². The second-order valence-electron chi connectivity index (χ2n) is 7.29. The molecule has 0 saturated carbocycles. The van der Waals surface area contributed by atoms with E-state index in [0.717, 1.165) is 43.9 Å². The Hall–Kier alpha value is -1.30. The van der Waals surface area contributed by atoms with Crippen LogP contribution in [0.1, 0.15) is 38.4 Å². The van der Waals surface area contributed by atoms with Crippen molar-refractivity contribution in [3.63, 3.8) is 0 Å². The lowest BCUT2D eigenvalue weighted by molar-refractivity contribution is -0.122. The Kier molecular flexibility index (Phi) is 10.1. The summed E-state index contributed by atoms with van der Waals surface area (Å²) in [5.74, 6) is 2.31. The van der Waals surface area contributed by atoms with Crippen molar-refractivity contribution in [1.82, 2.24) is 20.2 Å². The Morgan fingerprint density at radius 3 is 2.89 bits per heavy atom. The maximum Gasteiger partial charge on any atom is 0.220 e. The van der Waals surface area contributed by atoms with Crippen LogP contribution in [-0.2, 0) is 11.3 Å². The van der Waals surface area contributed by atoms with E-state index in [1.165, 1.54) is 18.4 Å². The molecule has 2 atom stereocenters. The number of para-hydroxylation sites is 2. The summed E-state index contributed by atoms with van der Waals surface area (Å²) in [6, 6.07) is 8.21. The third kappa shape index (κ3) is 6.37. The summed E-state index contributed by atoms with van der Waals surface area (Å²) in [6.07, 6.45) is 4.04. The molecular formula is C20H32Cl2N4O. The Balaban J connectivity index is 0.00000182. The Labute approximate surface area is 174 Å². The molecule has 2 unspecified atom stereocenters. The largest absolute Gasteiger partial charge is 0.356 e. The van der Waals surface area contributed by atoms with Gasteiger partial charge in [0.25, 0.3) is 0 Å². The highest BCUT2D eigenvalue weighted by molar-refractivity contribution is 5.85. The summed E-state index contributed by atoms with van der Waals surface area (Å²) in [5.41, 5.74) is 2.21. The number of aromatic nitrogens is 2. The van der Waals surface area contributed by atoms with E-state index >= 15 is 0 Å². The van der Waals surface area contributed by atoms with Crippen molar-refractivity contribution in [2.45, 2.75) is 46.1 Å². The molecule has 5 nitrogen and oxygen atoms in total. The molecule has 2 aromatic rings. The van der Waals surface area contributed by atoms with Gasteiger partial charge in [-0.3, -0.25) is 4.79 Å². The van der Waals surface area contributed by atoms with Crippen molar-refractivity contribution >= 4 is 41.8 Å². The van der Waals surface area contributed by atoms with Crippen molar-refractivity contribution in [3.8, 4) is 0 Å². The predicted octanol–water partition coefficient (Wildman–Crippen LogP) is 3.72. The smallest absolute Gasteiger partial charge is 0.220 e. The van der Waals surface area contributed by atoms with E-state index in [1.807, 2.05) is 25.1 Å². The summed E-state index contributed by atoms with van der Waals surface area (Å²) >= 11 is 0. The highest BCUT2D eigenvalue weighted by Crippen LogP contribution is 2.22. The molecule has 3 rings (SSSR count). The van der Waals surface area contributed by atoms with Gasteiger partial charge in [0, 0.05) is 19.5 Å². The fraction of sp³-hybridized carbons (Fsp3) is 0.600. The first kappa shape index (κ1) is 23.7. The molecule has 1 aliphatic rings. The van der Waals surface area contributed by atoms with Gasteiger partial charge >= 0.3 is 0 Å². The number of benzene rings is 1. The van der Waals surface area contributed by atoms with Crippen molar-refractivity contribution in [1.29, 1.82) is 0 Å². The molecule has 1 aromatic heterocycles. The van der Waals surface area contributed by atoms with Gasteiger partial charge < -0.3 is 15.2 Å². The number of piperidine rings is 1. The van der Waals surface area contributed by atoms with Crippen LogP contribution in [0.2, 0.25) is 0 Å².